The molecular formula is C17H28N6O2. The molecule has 0 spiro atoms. The summed E-state index contributed by atoms with van der Waals surface area (Å²) in [6, 6.07) is -0.0622. The lowest BCUT2D eigenvalue weighted by atomic mass is 10.0. The molecule has 1 fully saturated rings. The quantitative estimate of drug-likeness (QED) is 0.751. The van der Waals surface area contributed by atoms with Crippen molar-refractivity contribution in [3.05, 3.63) is 11.3 Å². The van der Waals surface area contributed by atoms with E-state index in [2.05, 4.69) is 20.8 Å². The maximum Gasteiger partial charge on any atom is 0.318 e. The average Bonchev–Trinajstić information content (AvgIpc) is 3.20. The largest absolute Gasteiger partial charge is 0.334 e. The van der Waals surface area contributed by atoms with E-state index in [0.29, 0.717) is 12.4 Å². The molecule has 0 bridgehead atoms. The molecule has 3 rings (SSSR count). The van der Waals surface area contributed by atoms with Crippen molar-refractivity contribution in [1.82, 2.24) is 25.3 Å². The topological polar surface area (TPSA) is 93.4 Å². The van der Waals surface area contributed by atoms with Crippen LogP contribution in [0.1, 0.15) is 44.9 Å². The van der Waals surface area contributed by atoms with E-state index in [1.807, 2.05) is 39.8 Å². The van der Waals surface area contributed by atoms with Crippen LogP contribution in [0.15, 0.2) is 0 Å². The van der Waals surface area contributed by atoms with E-state index in [1.165, 1.54) is 0 Å². The van der Waals surface area contributed by atoms with Gasteiger partial charge in [0.2, 0.25) is 5.91 Å². The molecule has 1 aliphatic carbocycles. The maximum atomic E-state index is 12.7. The third-order valence-electron chi connectivity index (χ3n) is 4.91. The molecular weight excluding hydrogens is 320 g/mol. The highest BCUT2D eigenvalue weighted by molar-refractivity contribution is 5.94. The van der Waals surface area contributed by atoms with Crippen molar-refractivity contribution in [3.63, 3.8) is 0 Å². The van der Waals surface area contributed by atoms with Crippen LogP contribution in [0.5, 0.6) is 0 Å². The van der Waals surface area contributed by atoms with Gasteiger partial charge in [0.25, 0.3) is 0 Å². The summed E-state index contributed by atoms with van der Waals surface area (Å²) in [4.78, 5) is 28.6. The molecule has 2 heterocycles. The monoisotopic (exact) mass is 348 g/mol. The Morgan fingerprint density at radius 2 is 2.08 bits per heavy atom. The molecule has 25 heavy (non-hydrogen) atoms. The van der Waals surface area contributed by atoms with Crippen LogP contribution in [-0.4, -0.2) is 58.6 Å². The molecule has 1 saturated carbocycles. The predicted octanol–water partition coefficient (Wildman–Crippen LogP) is 1.47. The summed E-state index contributed by atoms with van der Waals surface area (Å²) in [7, 11) is 3.96. The second-order valence-corrected chi connectivity index (χ2v) is 7.95. The zero-order chi connectivity index (χ0) is 18.4. The molecule has 1 aromatic rings. The van der Waals surface area contributed by atoms with Gasteiger partial charge in [-0.05, 0) is 47.7 Å². The Labute approximate surface area is 148 Å². The van der Waals surface area contributed by atoms with Crippen molar-refractivity contribution in [2.45, 2.75) is 51.7 Å². The summed E-state index contributed by atoms with van der Waals surface area (Å²) in [5, 5.41) is 13.2. The number of likely N-dealkylation sites (N-methyl/N-ethyl adjacent to an activating group) is 1. The minimum Gasteiger partial charge on any atom is -0.334 e. The molecule has 0 radical (unpaired) electrons. The average molecular weight is 348 g/mol. The number of fused-ring (bicyclic) bond motifs is 1. The van der Waals surface area contributed by atoms with Gasteiger partial charge in [-0.15, -0.1) is 0 Å². The zero-order valence-corrected chi connectivity index (χ0v) is 15.6. The SMILES string of the molecule is CC(CN(C)C)NC(=O)N1Cc2c(NC(=O)C3CC3)n[nH]c2C1(C)C. The van der Waals surface area contributed by atoms with Crippen LogP contribution in [0.4, 0.5) is 10.6 Å². The number of aromatic nitrogens is 2. The van der Waals surface area contributed by atoms with Crippen LogP contribution < -0.4 is 10.6 Å². The normalized spacial score (nSPS) is 19.7. The number of carbonyl (C=O) groups excluding carboxylic acids is 2. The fourth-order valence-corrected chi connectivity index (χ4v) is 3.39. The van der Waals surface area contributed by atoms with Crippen LogP contribution in [0.2, 0.25) is 0 Å². The van der Waals surface area contributed by atoms with Crippen LogP contribution >= 0.6 is 0 Å². The number of urea groups is 1. The molecule has 0 aromatic carbocycles. The Bertz CT molecular complexity index is 677. The Kier molecular flexibility index (Phi) is 4.49. The number of nitrogens with one attached hydrogen (secondary N) is 3. The standard InChI is InChI=1S/C17H28N6O2/c1-10(8-22(4)5)18-16(25)23-9-12-13(17(23,2)3)20-21-14(12)19-15(24)11-6-7-11/h10-11H,6-9H2,1-5H3,(H,18,25)(H2,19,20,21,24). The Morgan fingerprint density at radius 1 is 1.40 bits per heavy atom. The van der Waals surface area contributed by atoms with E-state index < -0.39 is 5.54 Å². The predicted molar refractivity (Wildman–Crippen MR) is 95.1 cm³/mol. The molecule has 3 N–H and O–H groups in total. The van der Waals surface area contributed by atoms with Crippen molar-refractivity contribution < 1.29 is 9.59 Å². The molecule has 138 valence electrons. The summed E-state index contributed by atoms with van der Waals surface area (Å²) in [5.41, 5.74) is 1.27. The van der Waals surface area contributed by atoms with Crippen molar-refractivity contribution in [3.8, 4) is 0 Å². The number of rotatable bonds is 5. The molecule has 0 saturated heterocycles. The highest BCUT2D eigenvalue weighted by Gasteiger charge is 2.44. The van der Waals surface area contributed by atoms with Gasteiger partial charge in [0, 0.05) is 24.1 Å². The van der Waals surface area contributed by atoms with Crippen LogP contribution in [0.25, 0.3) is 0 Å². The second-order valence-electron chi connectivity index (χ2n) is 7.95. The Hall–Kier alpha value is -2.09. The van der Waals surface area contributed by atoms with Gasteiger partial charge < -0.3 is 20.4 Å². The van der Waals surface area contributed by atoms with Crippen LogP contribution in [-0.2, 0) is 16.9 Å². The summed E-state index contributed by atoms with van der Waals surface area (Å²) in [6.07, 6.45) is 1.89. The number of amides is 3. The van der Waals surface area contributed by atoms with Gasteiger partial charge in [0.15, 0.2) is 5.82 Å². The molecule has 1 aliphatic heterocycles. The molecule has 1 atom stereocenters. The lowest BCUT2D eigenvalue weighted by Crippen LogP contribution is -2.50. The number of aromatic amines is 1. The Morgan fingerprint density at radius 3 is 2.68 bits per heavy atom. The lowest BCUT2D eigenvalue weighted by molar-refractivity contribution is -0.117. The number of hydrogen-bond acceptors (Lipinski definition) is 4. The van der Waals surface area contributed by atoms with E-state index in [1.54, 1.807) is 4.90 Å². The summed E-state index contributed by atoms with van der Waals surface area (Å²) < 4.78 is 0. The van der Waals surface area contributed by atoms with Crippen LogP contribution in [0, 0.1) is 5.92 Å². The summed E-state index contributed by atoms with van der Waals surface area (Å²) >= 11 is 0. The van der Waals surface area contributed by atoms with Gasteiger partial charge in [0.1, 0.15) is 0 Å². The Balaban J connectivity index is 1.71. The minimum absolute atomic E-state index is 0.0228. The van der Waals surface area contributed by atoms with E-state index in [-0.39, 0.29) is 23.9 Å². The third kappa shape index (κ3) is 3.49. The fourth-order valence-electron chi connectivity index (χ4n) is 3.39. The number of H-pyrrole nitrogens is 1. The van der Waals surface area contributed by atoms with Crippen molar-refractivity contribution in [2.24, 2.45) is 5.92 Å². The smallest absolute Gasteiger partial charge is 0.318 e. The number of carbonyl (C=O) groups is 2. The highest BCUT2D eigenvalue weighted by Crippen LogP contribution is 2.41. The van der Waals surface area contributed by atoms with Crippen molar-refractivity contribution >= 4 is 17.8 Å². The number of anilines is 1. The molecule has 3 amide bonds. The summed E-state index contributed by atoms with van der Waals surface area (Å²) in [5.74, 6) is 0.694. The number of hydrogen-bond donors (Lipinski definition) is 3. The van der Waals surface area contributed by atoms with Crippen molar-refractivity contribution in [1.29, 1.82) is 0 Å². The first kappa shape index (κ1) is 17.7. The summed E-state index contributed by atoms with van der Waals surface area (Å²) in [6.45, 7) is 7.16. The zero-order valence-electron chi connectivity index (χ0n) is 15.6. The van der Waals surface area contributed by atoms with E-state index in [0.717, 1.165) is 30.6 Å². The van der Waals surface area contributed by atoms with Crippen LogP contribution in [0.3, 0.4) is 0 Å². The molecule has 1 unspecified atom stereocenters. The fraction of sp³-hybridized carbons (Fsp3) is 0.706. The minimum atomic E-state index is -0.507. The number of nitrogens with zero attached hydrogens (tertiary/aromatic N) is 3. The van der Waals surface area contributed by atoms with E-state index >= 15 is 0 Å². The van der Waals surface area contributed by atoms with Gasteiger partial charge in [-0.1, -0.05) is 0 Å². The second kappa shape index (κ2) is 6.33. The van der Waals surface area contributed by atoms with Gasteiger partial charge in [-0.2, -0.15) is 5.10 Å². The maximum absolute atomic E-state index is 12.7. The molecule has 1 aromatic heterocycles. The first-order chi connectivity index (χ1) is 11.7. The van der Waals surface area contributed by atoms with Gasteiger partial charge in [-0.3, -0.25) is 9.89 Å². The van der Waals surface area contributed by atoms with Gasteiger partial charge in [-0.25, -0.2) is 4.79 Å². The van der Waals surface area contributed by atoms with Crippen molar-refractivity contribution in [2.75, 3.05) is 26.0 Å². The molecule has 8 nitrogen and oxygen atoms in total. The molecule has 8 heteroatoms. The molecule has 2 aliphatic rings. The van der Waals surface area contributed by atoms with Gasteiger partial charge >= 0.3 is 6.03 Å². The van der Waals surface area contributed by atoms with E-state index in [9.17, 15) is 9.59 Å². The third-order valence-corrected chi connectivity index (χ3v) is 4.91. The highest BCUT2D eigenvalue weighted by atomic mass is 16.2. The van der Waals surface area contributed by atoms with Gasteiger partial charge in [0.05, 0.1) is 17.8 Å². The first-order valence-corrected chi connectivity index (χ1v) is 8.81. The van der Waals surface area contributed by atoms with E-state index in [4.69, 9.17) is 0 Å². The lowest BCUT2D eigenvalue weighted by Gasteiger charge is -2.33. The first-order valence-electron chi connectivity index (χ1n) is 8.81.